The van der Waals surface area contributed by atoms with Crippen LogP contribution in [0.2, 0.25) is 0 Å². The molecular formula is C13H15F4N. The Bertz CT molecular complexity index is 427. The van der Waals surface area contributed by atoms with E-state index >= 15 is 0 Å². The Labute approximate surface area is 103 Å². The first kappa shape index (κ1) is 13.3. The van der Waals surface area contributed by atoms with Crippen molar-refractivity contribution in [3.8, 4) is 0 Å². The molecular weight excluding hydrogens is 246 g/mol. The van der Waals surface area contributed by atoms with Crippen LogP contribution in [-0.4, -0.2) is 13.6 Å². The standard InChI is InChI=1S/C13H15F4N/c1-18-7-9-2-4-10(9)8-3-5-12(14)11(6-8)13(15,16)17/h3,5-6,9-10,18H,2,4,7H2,1H3. The normalized spacial score (nSPS) is 23.8. The maximum atomic E-state index is 13.2. The molecule has 0 spiro atoms. The fourth-order valence-corrected chi connectivity index (χ4v) is 2.51. The van der Waals surface area contributed by atoms with Crippen LogP contribution in [0, 0.1) is 11.7 Å². The number of alkyl halides is 3. The summed E-state index contributed by atoms with van der Waals surface area (Å²) in [4.78, 5) is 0. The highest BCUT2D eigenvalue weighted by Gasteiger charge is 2.37. The van der Waals surface area contributed by atoms with Crippen molar-refractivity contribution in [3.05, 3.63) is 35.1 Å². The van der Waals surface area contributed by atoms with Crippen molar-refractivity contribution in [3.63, 3.8) is 0 Å². The zero-order valence-corrected chi connectivity index (χ0v) is 10.0. The number of halogens is 4. The Balaban J connectivity index is 2.25. The van der Waals surface area contributed by atoms with Crippen LogP contribution in [0.1, 0.15) is 29.9 Å². The van der Waals surface area contributed by atoms with Crippen LogP contribution in [0.15, 0.2) is 18.2 Å². The molecule has 0 aromatic heterocycles. The molecule has 0 aliphatic heterocycles. The van der Waals surface area contributed by atoms with E-state index in [1.807, 2.05) is 7.05 Å². The van der Waals surface area contributed by atoms with Crippen LogP contribution in [0.5, 0.6) is 0 Å². The molecule has 0 bridgehead atoms. The third-order valence-electron chi connectivity index (χ3n) is 3.61. The second-order valence-electron chi connectivity index (χ2n) is 4.74. The SMILES string of the molecule is CNCC1CCC1c1ccc(F)c(C(F)(F)F)c1. The number of rotatable bonds is 3. The molecule has 1 aromatic rings. The van der Waals surface area contributed by atoms with Crippen LogP contribution >= 0.6 is 0 Å². The van der Waals surface area contributed by atoms with Crippen molar-refractivity contribution < 1.29 is 17.6 Å². The molecule has 5 heteroatoms. The van der Waals surface area contributed by atoms with Crippen molar-refractivity contribution in [2.45, 2.75) is 24.9 Å². The van der Waals surface area contributed by atoms with Crippen molar-refractivity contribution in [1.82, 2.24) is 5.32 Å². The third-order valence-corrected chi connectivity index (χ3v) is 3.61. The zero-order chi connectivity index (χ0) is 13.3. The molecule has 1 aliphatic rings. The summed E-state index contributed by atoms with van der Waals surface area (Å²) in [7, 11) is 1.82. The average molecular weight is 261 g/mol. The number of nitrogens with one attached hydrogen (secondary N) is 1. The largest absolute Gasteiger partial charge is 0.419 e. The van der Waals surface area contributed by atoms with E-state index in [0.717, 1.165) is 31.5 Å². The van der Waals surface area contributed by atoms with Crippen molar-refractivity contribution >= 4 is 0 Å². The topological polar surface area (TPSA) is 12.0 Å². The lowest BCUT2D eigenvalue weighted by Gasteiger charge is -2.37. The summed E-state index contributed by atoms with van der Waals surface area (Å²) in [6.45, 7) is 0.781. The summed E-state index contributed by atoms with van der Waals surface area (Å²) in [5, 5.41) is 3.03. The van der Waals surface area contributed by atoms with E-state index in [-0.39, 0.29) is 5.92 Å². The molecule has 1 N–H and O–H groups in total. The lowest BCUT2D eigenvalue weighted by Crippen LogP contribution is -2.32. The maximum absolute atomic E-state index is 13.2. The van der Waals surface area contributed by atoms with Gasteiger partial charge in [0.15, 0.2) is 0 Å². The Morgan fingerprint density at radius 1 is 1.28 bits per heavy atom. The van der Waals surface area contributed by atoms with Crippen molar-refractivity contribution in [2.75, 3.05) is 13.6 Å². The van der Waals surface area contributed by atoms with Gasteiger partial charge in [0.2, 0.25) is 0 Å². The smallest absolute Gasteiger partial charge is 0.319 e. The van der Waals surface area contributed by atoms with Crippen LogP contribution in [0.3, 0.4) is 0 Å². The minimum atomic E-state index is -4.62. The molecule has 1 fully saturated rings. The van der Waals surface area contributed by atoms with Crippen molar-refractivity contribution in [2.24, 2.45) is 5.92 Å². The predicted molar refractivity (Wildman–Crippen MR) is 60.8 cm³/mol. The van der Waals surface area contributed by atoms with E-state index in [1.54, 1.807) is 0 Å². The van der Waals surface area contributed by atoms with Gasteiger partial charge in [-0.25, -0.2) is 4.39 Å². The predicted octanol–water partition coefficient (Wildman–Crippen LogP) is 3.56. The molecule has 1 aromatic carbocycles. The monoisotopic (exact) mass is 261 g/mol. The summed E-state index contributed by atoms with van der Waals surface area (Å²) in [6, 6.07) is 3.35. The molecule has 100 valence electrons. The molecule has 2 atom stereocenters. The zero-order valence-electron chi connectivity index (χ0n) is 10.0. The van der Waals surface area contributed by atoms with Crippen LogP contribution in [0.4, 0.5) is 17.6 Å². The summed E-state index contributed by atoms with van der Waals surface area (Å²) < 4.78 is 51.0. The summed E-state index contributed by atoms with van der Waals surface area (Å²) in [5.74, 6) is -0.739. The lowest BCUT2D eigenvalue weighted by atomic mass is 9.70. The molecule has 0 saturated heterocycles. The van der Waals surface area contributed by atoms with E-state index in [1.165, 1.54) is 6.07 Å². The van der Waals surface area contributed by atoms with Gasteiger partial charge >= 0.3 is 6.18 Å². The lowest BCUT2D eigenvalue weighted by molar-refractivity contribution is -0.140. The van der Waals surface area contributed by atoms with E-state index in [0.29, 0.717) is 11.5 Å². The van der Waals surface area contributed by atoms with E-state index in [9.17, 15) is 17.6 Å². The van der Waals surface area contributed by atoms with Gasteiger partial charge in [0.1, 0.15) is 5.82 Å². The van der Waals surface area contributed by atoms with Gasteiger partial charge in [-0.3, -0.25) is 0 Å². The van der Waals surface area contributed by atoms with Gasteiger partial charge in [-0.2, -0.15) is 13.2 Å². The second-order valence-corrected chi connectivity index (χ2v) is 4.74. The highest BCUT2D eigenvalue weighted by atomic mass is 19.4. The van der Waals surface area contributed by atoms with Crippen LogP contribution < -0.4 is 5.32 Å². The fourth-order valence-electron chi connectivity index (χ4n) is 2.51. The van der Waals surface area contributed by atoms with Gasteiger partial charge in [-0.15, -0.1) is 0 Å². The van der Waals surface area contributed by atoms with Gasteiger partial charge in [0.05, 0.1) is 5.56 Å². The highest BCUT2D eigenvalue weighted by molar-refractivity contribution is 5.31. The van der Waals surface area contributed by atoms with E-state index < -0.39 is 17.6 Å². The second kappa shape index (κ2) is 4.88. The minimum absolute atomic E-state index is 0.110. The van der Waals surface area contributed by atoms with Gasteiger partial charge in [-0.05, 0) is 56.0 Å². The highest BCUT2D eigenvalue weighted by Crippen LogP contribution is 2.43. The summed E-state index contributed by atoms with van der Waals surface area (Å²) in [6.07, 6.45) is -2.75. The maximum Gasteiger partial charge on any atom is 0.419 e. The Kier molecular flexibility index (Phi) is 3.61. The van der Waals surface area contributed by atoms with Gasteiger partial charge in [-0.1, -0.05) is 6.07 Å². The summed E-state index contributed by atoms with van der Waals surface area (Å²) in [5.41, 5.74) is -0.565. The number of hydrogen-bond acceptors (Lipinski definition) is 1. The van der Waals surface area contributed by atoms with Crippen molar-refractivity contribution in [1.29, 1.82) is 0 Å². The van der Waals surface area contributed by atoms with Gasteiger partial charge in [0.25, 0.3) is 0 Å². The van der Waals surface area contributed by atoms with Gasteiger partial charge in [0, 0.05) is 0 Å². The third kappa shape index (κ3) is 2.51. The quantitative estimate of drug-likeness (QED) is 0.820. The molecule has 1 aliphatic carbocycles. The Morgan fingerprint density at radius 3 is 2.50 bits per heavy atom. The first-order valence-electron chi connectivity index (χ1n) is 5.94. The molecule has 2 unspecified atom stereocenters. The van der Waals surface area contributed by atoms with E-state index in [2.05, 4.69) is 5.32 Å². The Hall–Kier alpha value is -1.10. The number of hydrogen-bond donors (Lipinski definition) is 1. The first-order valence-corrected chi connectivity index (χ1v) is 5.94. The Morgan fingerprint density at radius 2 is 2.00 bits per heavy atom. The molecule has 1 nitrogen and oxygen atoms in total. The molecule has 1 saturated carbocycles. The van der Waals surface area contributed by atoms with Gasteiger partial charge < -0.3 is 5.32 Å². The van der Waals surface area contributed by atoms with Crippen LogP contribution in [0.25, 0.3) is 0 Å². The summed E-state index contributed by atoms with van der Waals surface area (Å²) >= 11 is 0. The molecule has 2 rings (SSSR count). The minimum Gasteiger partial charge on any atom is -0.319 e. The molecule has 0 heterocycles. The molecule has 0 amide bonds. The first-order chi connectivity index (χ1) is 8.43. The average Bonchev–Trinajstić information content (AvgIpc) is 2.25. The van der Waals surface area contributed by atoms with E-state index in [4.69, 9.17) is 0 Å². The van der Waals surface area contributed by atoms with Crippen LogP contribution in [-0.2, 0) is 6.18 Å². The number of benzene rings is 1. The molecule has 0 radical (unpaired) electrons. The molecule has 18 heavy (non-hydrogen) atoms. The fraction of sp³-hybridized carbons (Fsp3) is 0.538.